The summed E-state index contributed by atoms with van der Waals surface area (Å²) in [4.78, 5) is 0. The van der Waals surface area contributed by atoms with Gasteiger partial charge in [0, 0.05) is 6.04 Å². The molecule has 0 saturated heterocycles. The van der Waals surface area contributed by atoms with Crippen molar-refractivity contribution in [3.63, 3.8) is 0 Å². The molecule has 1 rings (SSSR count). The van der Waals surface area contributed by atoms with Gasteiger partial charge in [-0.1, -0.05) is 20.8 Å². The highest BCUT2D eigenvalue weighted by Gasteiger charge is 2.13. The van der Waals surface area contributed by atoms with Crippen molar-refractivity contribution in [3.05, 3.63) is 22.4 Å². The zero-order valence-corrected chi connectivity index (χ0v) is 10.2. The van der Waals surface area contributed by atoms with Crippen LogP contribution in [0.3, 0.4) is 0 Å². The molecule has 1 unspecified atom stereocenters. The molecule has 1 atom stereocenters. The number of rotatable bonds is 4. The van der Waals surface area contributed by atoms with Gasteiger partial charge < -0.3 is 5.73 Å². The molecule has 0 aromatic carbocycles. The fourth-order valence-corrected chi connectivity index (χ4v) is 2.11. The Hall–Kier alpha value is -0.340. The fourth-order valence-electron chi connectivity index (χ4n) is 1.43. The summed E-state index contributed by atoms with van der Waals surface area (Å²) in [5, 5.41) is 4.31. The van der Waals surface area contributed by atoms with E-state index in [1.54, 1.807) is 11.3 Å². The lowest BCUT2D eigenvalue weighted by Gasteiger charge is -2.20. The summed E-state index contributed by atoms with van der Waals surface area (Å²) >= 11 is 1.75. The van der Waals surface area contributed by atoms with Gasteiger partial charge in [0.25, 0.3) is 0 Å². The molecule has 2 heteroatoms. The van der Waals surface area contributed by atoms with E-state index in [9.17, 15) is 0 Å². The SMILES string of the molecule is CC(C)(C)CCC(N)Cc1ccsc1. The third-order valence-corrected chi connectivity index (χ3v) is 3.08. The van der Waals surface area contributed by atoms with E-state index in [1.807, 2.05) is 0 Å². The Morgan fingerprint density at radius 2 is 2.14 bits per heavy atom. The van der Waals surface area contributed by atoms with Gasteiger partial charge >= 0.3 is 0 Å². The van der Waals surface area contributed by atoms with E-state index in [1.165, 1.54) is 12.0 Å². The minimum Gasteiger partial charge on any atom is -0.327 e. The molecule has 1 nitrogen and oxygen atoms in total. The Morgan fingerprint density at radius 1 is 1.43 bits per heavy atom. The van der Waals surface area contributed by atoms with Crippen molar-refractivity contribution in [2.75, 3.05) is 0 Å². The van der Waals surface area contributed by atoms with Crippen LogP contribution in [0.15, 0.2) is 16.8 Å². The predicted molar refractivity (Wildman–Crippen MR) is 64.7 cm³/mol. The Morgan fingerprint density at radius 3 is 2.64 bits per heavy atom. The Balaban J connectivity index is 2.26. The van der Waals surface area contributed by atoms with Crippen LogP contribution >= 0.6 is 11.3 Å². The van der Waals surface area contributed by atoms with Gasteiger partial charge in [-0.05, 0) is 47.1 Å². The lowest BCUT2D eigenvalue weighted by Crippen LogP contribution is -2.24. The second-order valence-electron chi connectivity index (χ2n) is 5.20. The van der Waals surface area contributed by atoms with Gasteiger partial charge in [0.05, 0.1) is 0 Å². The van der Waals surface area contributed by atoms with E-state index in [0.29, 0.717) is 11.5 Å². The third kappa shape index (κ3) is 4.77. The molecular formula is C12H21NS. The molecule has 1 aromatic heterocycles. The van der Waals surface area contributed by atoms with Gasteiger partial charge in [-0.15, -0.1) is 0 Å². The van der Waals surface area contributed by atoms with E-state index in [2.05, 4.69) is 37.6 Å². The van der Waals surface area contributed by atoms with E-state index in [4.69, 9.17) is 5.73 Å². The molecule has 0 aliphatic rings. The molecule has 0 fully saturated rings. The summed E-state index contributed by atoms with van der Waals surface area (Å²) in [6.07, 6.45) is 3.36. The van der Waals surface area contributed by atoms with Crippen LogP contribution in [0.5, 0.6) is 0 Å². The van der Waals surface area contributed by atoms with Crippen molar-refractivity contribution in [1.29, 1.82) is 0 Å². The molecule has 80 valence electrons. The van der Waals surface area contributed by atoms with E-state index in [-0.39, 0.29) is 0 Å². The second kappa shape index (κ2) is 4.94. The number of hydrogen-bond acceptors (Lipinski definition) is 2. The summed E-state index contributed by atoms with van der Waals surface area (Å²) in [6.45, 7) is 6.80. The van der Waals surface area contributed by atoms with Gasteiger partial charge in [-0.25, -0.2) is 0 Å². The molecule has 0 radical (unpaired) electrons. The van der Waals surface area contributed by atoms with Crippen LogP contribution in [0.1, 0.15) is 39.2 Å². The molecule has 1 heterocycles. The molecule has 0 aliphatic heterocycles. The summed E-state index contributed by atoms with van der Waals surface area (Å²) in [5.41, 5.74) is 7.87. The maximum atomic E-state index is 6.08. The maximum absolute atomic E-state index is 6.08. The first-order valence-electron chi connectivity index (χ1n) is 5.24. The largest absolute Gasteiger partial charge is 0.327 e. The minimum atomic E-state index is 0.323. The highest BCUT2D eigenvalue weighted by atomic mass is 32.1. The van der Waals surface area contributed by atoms with Crippen LogP contribution in [0, 0.1) is 5.41 Å². The Kier molecular flexibility index (Phi) is 4.14. The van der Waals surface area contributed by atoms with Gasteiger partial charge in [-0.3, -0.25) is 0 Å². The van der Waals surface area contributed by atoms with Crippen LogP contribution < -0.4 is 5.73 Å². The smallest absolute Gasteiger partial charge is 0.00798 e. The summed E-state index contributed by atoms with van der Waals surface area (Å²) in [7, 11) is 0. The van der Waals surface area contributed by atoms with E-state index < -0.39 is 0 Å². The Labute approximate surface area is 91.3 Å². The number of nitrogens with two attached hydrogens (primary N) is 1. The Bertz CT molecular complexity index is 246. The van der Waals surface area contributed by atoms with Crippen molar-refractivity contribution in [2.45, 2.75) is 46.1 Å². The minimum absolute atomic E-state index is 0.323. The standard InChI is InChI=1S/C12H21NS/c1-12(2,3)6-4-11(13)8-10-5-7-14-9-10/h5,7,9,11H,4,6,8,13H2,1-3H3. The van der Waals surface area contributed by atoms with Crippen molar-refractivity contribution >= 4 is 11.3 Å². The van der Waals surface area contributed by atoms with Crippen LogP contribution in [-0.2, 0) is 6.42 Å². The molecule has 2 N–H and O–H groups in total. The molecule has 1 aromatic rings. The average molecular weight is 211 g/mol. The first-order valence-corrected chi connectivity index (χ1v) is 6.18. The molecule has 0 spiro atoms. The fraction of sp³-hybridized carbons (Fsp3) is 0.667. The van der Waals surface area contributed by atoms with Crippen molar-refractivity contribution in [1.82, 2.24) is 0 Å². The highest BCUT2D eigenvalue weighted by Crippen LogP contribution is 2.22. The quantitative estimate of drug-likeness (QED) is 0.811. The monoisotopic (exact) mass is 211 g/mol. The van der Waals surface area contributed by atoms with E-state index >= 15 is 0 Å². The zero-order valence-electron chi connectivity index (χ0n) is 9.42. The molecule has 0 amide bonds. The van der Waals surface area contributed by atoms with Crippen LogP contribution in [0.2, 0.25) is 0 Å². The lowest BCUT2D eigenvalue weighted by molar-refractivity contribution is 0.347. The molecule has 0 saturated carbocycles. The second-order valence-corrected chi connectivity index (χ2v) is 5.98. The van der Waals surface area contributed by atoms with Gasteiger partial charge in [0.2, 0.25) is 0 Å². The molecule has 0 bridgehead atoms. The zero-order chi connectivity index (χ0) is 10.6. The van der Waals surface area contributed by atoms with Crippen molar-refractivity contribution in [2.24, 2.45) is 11.1 Å². The van der Waals surface area contributed by atoms with Gasteiger partial charge in [0.15, 0.2) is 0 Å². The van der Waals surface area contributed by atoms with Crippen molar-refractivity contribution < 1.29 is 0 Å². The normalized spacial score (nSPS) is 14.3. The van der Waals surface area contributed by atoms with Gasteiger partial charge in [-0.2, -0.15) is 11.3 Å². The van der Waals surface area contributed by atoms with E-state index in [0.717, 1.165) is 12.8 Å². The lowest BCUT2D eigenvalue weighted by atomic mass is 9.88. The summed E-state index contributed by atoms with van der Waals surface area (Å²) in [6, 6.07) is 2.49. The molecule has 0 aliphatic carbocycles. The summed E-state index contributed by atoms with van der Waals surface area (Å²) < 4.78 is 0. The first-order chi connectivity index (χ1) is 6.47. The predicted octanol–water partition coefficient (Wildman–Crippen LogP) is 3.44. The molecular weight excluding hydrogens is 190 g/mol. The van der Waals surface area contributed by atoms with Crippen LogP contribution in [-0.4, -0.2) is 6.04 Å². The third-order valence-electron chi connectivity index (χ3n) is 2.34. The van der Waals surface area contributed by atoms with Crippen LogP contribution in [0.4, 0.5) is 0 Å². The number of thiophene rings is 1. The first kappa shape index (κ1) is 11.7. The highest BCUT2D eigenvalue weighted by molar-refractivity contribution is 7.07. The summed E-state index contributed by atoms with van der Waals surface area (Å²) in [5.74, 6) is 0. The van der Waals surface area contributed by atoms with Crippen LogP contribution in [0.25, 0.3) is 0 Å². The average Bonchev–Trinajstić information content (AvgIpc) is 2.52. The number of hydrogen-bond donors (Lipinski definition) is 1. The topological polar surface area (TPSA) is 26.0 Å². The molecule has 14 heavy (non-hydrogen) atoms. The maximum Gasteiger partial charge on any atom is 0.00798 e. The van der Waals surface area contributed by atoms with Crippen molar-refractivity contribution in [3.8, 4) is 0 Å². The van der Waals surface area contributed by atoms with Gasteiger partial charge in [0.1, 0.15) is 0 Å².